The Morgan fingerprint density at radius 3 is 2.38 bits per heavy atom. The number of benzene rings is 2. The highest BCUT2D eigenvalue weighted by Crippen LogP contribution is 2.35. The van der Waals surface area contributed by atoms with Crippen molar-refractivity contribution < 1.29 is 14.7 Å². The van der Waals surface area contributed by atoms with Gasteiger partial charge in [-0.1, -0.05) is 64.3 Å². The number of rotatable bonds is 7. The second kappa shape index (κ2) is 12.8. The lowest BCUT2D eigenvalue weighted by Crippen LogP contribution is -2.51. The van der Waals surface area contributed by atoms with Gasteiger partial charge in [-0.3, -0.25) is 9.59 Å². The monoisotopic (exact) mass is 574 g/mol. The van der Waals surface area contributed by atoms with Gasteiger partial charge in [0.05, 0.1) is 12.3 Å². The summed E-state index contributed by atoms with van der Waals surface area (Å²) in [6.45, 7) is 9.41. The minimum Gasteiger partial charge on any atom is -0.369 e. The Bertz CT molecular complexity index is 1290. The highest BCUT2D eigenvalue weighted by Gasteiger charge is 2.36. The first-order valence-electron chi connectivity index (χ1n) is 15.4. The predicted octanol–water partition coefficient (Wildman–Crippen LogP) is 4.37. The molecular weight excluding hydrogens is 528 g/mol. The van der Waals surface area contributed by atoms with Gasteiger partial charge >= 0.3 is 0 Å². The van der Waals surface area contributed by atoms with Crippen molar-refractivity contribution in [2.45, 2.75) is 59.2 Å². The average Bonchev–Trinajstić information content (AvgIpc) is 3.08. The van der Waals surface area contributed by atoms with E-state index in [1.54, 1.807) is 4.90 Å². The summed E-state index contributed by atoms with van der Waals surface area (Å²) >= 11 is 0. The Hall–Kier alpha value is -3.43. The van der Waals surface area contributed by atoms with Crippen LogP contribution in [-0.4, -0.2) is 85.1 Å². The van der Waals surface area contributed by atoms with Crippen LogP contribution in [0.4, 0.5) is 17.1 Å². The summed E-state index contributed by atoms with van der Waals surface area (Å²) in [6.07, 6.45) is 4.22. The van der Waals surface area contributed by atoms with Crippen molar-refractivity contribution in [3.63, 3.8) is 0 Å². The van der Waals surface area contributed by atoms with Crippen LogP contribution in [-0.2, 0) is 9.59 Å². The number of hydrazone groups is 1. The highest BCUT2D eigenvalue weighted by atomic mass is 16.3. The molecule has 0 bridgehead atoms. The van der Waals surface area contributed by atoms with Crippen LogP contribution in [0.25, 0.3) is 0 Å². The number of amides is 1. The Labute approximate surface area is 250 Å². The zero-order valence-electron chi connectivity index (χ0n) is 25.6. The normalized spacial score (nSPS) is 20.5. The lowest BCUT2D eigenvalue weighted by Gasteiger charge is -2.35. The van der Waals surface area contributed by atoms with E-state index in [9.17, 15) is 14.7 Å². The van der Waals surface area contributed by atoms with E-state index in [0.717, 1.165) is 74.5 Å². The van der Waals surface area contributed by atoms with Crippen LogP contribution >= 0.6 is 0 Å². The number of aliphatic hydroxyl groups excluding tert-OH is 1. The smallest absolute Gasteiger partial charge is 0.245 e. The van der Waals surface area contributed by atoms with E-state index in [-0.39, 0.29) is 30.7 Å². The van der Waals surface area contributed by atoms with Crippen LogP contribution in [0.3, 0.4) is 0 Å². The molecular formula is C33H46N6O3. The van der Waals surface area contributed by atoms with Crippen molar-refractivity contribution in [2.24, 2.45) is 16.4 Å². The van der Waals surface area contributed by atoms with Gasteiger partial charge in [-0.2, -0.15) is 5.10 Å². The molecule has 2 heterocycles. The number of aliphatic hydroxyl groups is 1. The number of Topliss-reactive ketones (excluding diaryl/α,β-unsaturated/α-hetero) is 1. The minimum atomic E-state index is -1.28. The minimum absolute atomic E-state index is 0.00240. The van der Waals surface area contributed by atoms with E-state index in [2.05, 4.69) is 28.2 Å². The molecule has 9 nitrogen and oxygen atoms in total. The summed E-state index contributed by atoms with van der Waals surface area (Å²) < 4.78 is 0. The summed E-state index contributed by atoms with van der Waals surface area (Å²) in [6, 6.07) is 15.8. The third-order valence-corrected chi connectivity index (χ3v) is 8.72. The van der Waals surface area contributed by atoms with Crippen LogP contribution in [0.15, 0.2) is 53.6 Å². The van der Waals surface area contributed by atoms with E-state index < -0.39 is 11.8 Å². The van der Waals surface area contributed by atoms with Gasteiger partial charge in [0.1, 0.15) is 6.54 Å². The maximum Gasteiger partial charge on any atom is 0.245 e. The molecule has 0 aromatic heterocycles. The fourth-order valence-electron chi connectivity index (χ4n) is 6.02. The van der Waals surface area contributed by atoms with Crippen LogP contribution in [0.5, 0.6) is 0 Å². The predicted molar refractivity (Wildman–Crippen MR) is 169 cm³/mol. The van der Waals surface area contributed by atoms with Gasteiger partial charge in [-0.25, -0.2) is 5.01 Å². The molecule has 0 radical (unpaired) electrons. The van der Waals surface area contributed by atoms with Crippen LogP contribution in [0, 0.1) is 11.3 Å². The first-order chi connectivity index (χ1) is 20.1. The van der Waals surface area contributed by atoms with E-state index >= 15 is 0 Å². The van der Waals surface area contributed by atoms with Gasteiger partial charge in [0.15, 0.2) is 5.78 Å². The molecule has 1 atom stereocenters. The molecule has 5 rings (SSSR count). The Kier molecular flexibility index (Phi) is 9.18. The van der Waals surface area contributed by atoms with Crippen molar-refractivity contribution in [2.75, 3.05) is 61.4 Å². The van der Waals surface area contributed by atoms with E-state index in [4.69, 9.17) is 5.10 Å². The van der Waals surface area contributed by atoms with Gasteiger partial charge in [-0.05, 0) is 44.2 Å². The summed E-state index contributed by atoms with van der Waals surface area (Å²) in [5.74, 6) is -0.0387. The SMILES string of the molecule is CN1CCN(c2cccc(NC(=O)CN3N=C(C4CCCCC4)c4ccccc4N(CC(=O)C(C)(C)C)C3O)c2)CC1. The maximum atomic E-state index is 13.5. The first-order valence-corrected chi connectivity index (χ1v) is 15.4. The lowest BCUT2D eigenvalue weighted by molar-refractivity contribution is -0.126. The van der Waals surface area contributed by atoms with E-state index in [0.29, 0.717) is 5.69 Å². The maximum absolute atomic E-state index is 13.5. The molecule has 3 aliphatic rings. The van der Waals surface area contributed by atoms with Crippen molar-refractivity contribution in [3.05, 3.63) is 54.1 Å². The van der Waals surface area contributed by atoms with Gasteiger partial charge in [-0.15, -0.1) is 0 Å². The fraction of sp³-hybridized carbons (Fsp3) is 0.545. The molecule has 2 fully saturated rings. The number of fused-ring (bicyclic) bond motifs is 1. The standard InChI is InChI=1S/C33H46N6O3/c1-33(2,3)29(40)22-38-28-16-9-8-15-27(28)31(24-11-6-5-7-12-24)35-39(32(38)42)23-30(41)34-25-13-10-14-26(21-25)37-19-17-36(4)18-20-37/h8-10,13-16,21,24,32,42H,5-7,11-12,17-20,22-23H2,1-4H3,(H,34,41). The number of hydrogen-bond donors (Lipinski definition) is 2. The van der Waals surface area contributed by atoms with E-state index in [1.807, 2.05) is 63.2 Å². The average molecular weight is 575 g/mol. The van der Waals surface area contributed by atoms with Gasteiger partial charge in [0, 0.05) is 60.1 Å². The molecule has 1 aliphatic carbocycles. The Balaban J connectivity index is 1.41. The fourth-order valence-corrected chi connectivity index (χ4v) is 6.02. The number of carbonyl (C=O) groups is 2. The first kappa shape index (κ1) is 30.0. The molecule has 1 unspecified atom stereocenters. The van der Waals surface area contributed by atoms with Crippen LogP contribution in [0.1, 0.15) is 58.4 Å². The number of ketones is 1. The molecule has 1 amide bonds. The summed E-state index contributed by atoms with van der Waals surface area (Å²) in [7, 11) is 2.13. The molecule has 1 saturated carbocycles. The topological polar surface area (TPSA) is 91.7 Å². The number of nitrogens with one attached hydrogen (secondary N) is 1. The van der Waals surface area contributed by atoms with Crippen molar-refractivity contribution in [1.82, 2.24) is 9.91 Å². The molecule has 1 saturated heterocycles. The zero-order valence-corrected chi connectivity index (χ0v) is 25.6. The van der Waals surface area contributed by atoms with Crippen LogP contribution < -0.4 is 15.1 Å². The number of piperazine rings is 1. The third-order valence-electron chi connectivity index (χ3n) is 8.72. The number of likely N-dealkylation sites (N-methyl/N-ethyl adjacent to an activating group) is 1. The largest absolute Gasteiger partial charge is 0.369 e. The summed E-state index contributed by atoms with van der Waals surface area (Å²) in [5, 5.41) is 21.2. The van der Waals surface area contributed by atoms with Crippen molar-refractivity contribution >= 4 is 34.5 Å². The molecule has 226 valence electrons. The van der Waals surface area contributed by atoms with Gasteiger partial charge in [0.25, 0.3) is 0 Å². The van der Waals surface area contributed by atoms with Gasteiger partial charge in [0.2, 0.25) is 12.3 Å². The number of hydrogen-bond acceptors (Lipinski definition) is 8. The molecule has 0 spiro atoms. The lowest BCUT2D eigenvalue weighted by atomic mass is 9.82. The number of anilines is 3. The highest BCUT2D eigenvalue weighted by molar-refractivity contribution is 6.07. The molecule has 42 heavy (non-hydrogen) atoms. The summed E-state index contributed by atoms with van der Waals surface area (Å²) in [5.41, 5.74) is 3.80. The molecule has 2 N–H and O–H groups in total. The number of carbonyl (C=O) groups excluding carboxylic acids is 2. The van der Waals surface area contributed by atoms with E-state index in [1.165, 1.54) is 11.4 Å². The molecule has 2 aromatic rings. The second-order valence-corrected chi connectivity index (χ2v) is 13.0. The Morgan fingerprint density at radius 1 is 0.952 bits per heavy atom. The molecule has 2 aliphatic heterocycles. The zero-order chi connectivity index (χ0) is 29.9. The number of para-hydroxylation sites is 1. The molecule has 9 heteroatoms. The van der Waals surface area contributed by atoms with Crippen molar-refractivity contribution in [1.29, 1.82) is 0 Å². The quantitative estimate of drug-likeness (QED) is 0.507. The van der Waals surface area contributed by atoms with Crippen molar-refractivity contribution in [3.8, 4) is 0 Å². The van der Waals surface area contributed by atoms with Gasteiger partial charge < -0.3 is 25.1 Å². The second-order valence-electron chi connectivity index (χ2n) is 13.0. The Morgan fingerprint density at radius 2 is 1.67 bits per heavy atom. The summed E-state index contributed by atoms with van der Waals surface area (Å²) in [4.78, 5) is 33.1. The van der Waals surface area contributed by atoms with Crippen LogP contribution in [0.2, 0.25) is 0 Å². The number of nitrogens with zero attached hydrogens (tertiary/aromatic N) is 5. The molecule has 2 aromatic carbocycles. The third kappa shape index (κ3) is 6.95.